The Morgan fingerprint density at radius 2 is 1.20 bits per heavy atom. The van der Waals surface area contributed by atoms with Crippen molar-refractivity contribution in [3.63, 3.8) is 0 Å². The topological polar surface area (TPSA) is 266 Å². The van der Waals surface area contributed by atoms with Gasteiger partial charge in [-0.3, -0.25) is 24.4 Å². The molecule has 5 N–H and O–H groups in total. The normalized spacial score (nSPS) is 25.3. The van der Waals surface area contributed by atoms with Gasteiger partial charge in [-0.2, -0.15) is 0 Å². The fraction of sp³-hybridized carbons (Fsp3) is 0.431. The van der Waals surface area contributed by atoms with E-state index in [0.717, 1.165) is 13.2 Å². The number of hydrogen-bond donors (Lipinski definition) is 3. The van der Waals surface area contributed by atoms with Crippen LogP contribution in [0.5, 0.6) is 5.88 Å². The van der Waals surface area contributed by atoms with Gasteiger partial charge in [-0.05, 0) is 90.2 Å². The summed E-state index contributed by atoms with van der Waals surface area (Å²) in [4.78, 5) is 65.3. The van der Waals surface area contributed by atoms with E-state index in [0.29, 0.717) is 72.7 Å². The number of nitrogens with zero attached hydrogens (tertiary/aromatic N) is 8. The molecule has 0 bridgehead atoms. The Morgan fingerprint density at radius 3 is 1.53 bits per heavy atom. The van der Waals surface area contributed by atoms with E-state index in [2.05, 4.69) is 50.7 Å². The maximum Gasteiger partial charge on any atom is 1.00 e. The maximum absolute atomic E-state index is 15.1. The van der Waals surface area contributed by atoms with Gasteiger partial charge < -0.3 is 52.2 Å². The molecule has 6 atom stereocenters. The zero-order valence-corrected chi connectivity index (χ0v) is 60.4. The number of aliphatic hydroxyl groups excluding tert-OH is 1. The molecule has 0 spiro atoms. The number of rotatable bonds is 13. The number of benzene rings is 2. The molecular formula is C51H57BrCs2F4N10O9S2. The minimum absolute atomic E-state index is 0. The van der Waals surface area contributed by atoms with Gasteiger partial charge in [0.25, 0.3) is 6.47 Å². The fourth-order valence-corrected chi connectivity index (χ4v) is 12.5. The van der Waals surface area contributed by atoms with E-state index in [4.69, 9.17) is 40.8 Å². The molecule has 79 heavy (non-hydrogen) atoms. The first-order chi connectivity index (χ1) is 36.5. The summed E-state index contributed by atoms with van der Waals surface area (Å²) in [5.74, 6) is -1.71. The van der Waals surface area contributed by atoms with Crippen molar-refractivity contribution in [2.75, 3.05) is 67.8 Å². The van der Waals surface area contributed by atoms with E-state index in [-0.39, 0.29) is 202 Å². The van der Waals surface area contributed by atoms with Gasteiger partial charge in [-0.1, -0.05) is 35.7 Å². The van der Waals surface area contributed by atoms with Crippen LogP contribution in [0.15, 0.2) is 75.8 Å². The first kappa shape index (κ1) is 67.9. The molecule has 4 aliphatic heterocycles. The van der Waals surface area contributed by atoms with Gasteiger partial charge in [0.05, 0.1) is 75.5 Å². The van der Waals surface area contributed by atoms with Gasteiger partial charge in [0.1, 0.15) is 37.1 Å². The first-order valence-corrected chi connectivity index (χ1v) is 26.2. The first-order valence-electron chi connectivity index (χ1n) is 23.8. The largest absolute Gasteiger partial charge is 1.00 e. The molecule has 19 nitrogen and oxygen atoms in total. The molecular weight excluding hydrogens is 1380 g/mol. The SMILES string of the molecule is CN(C)C(=O)[C@]12C[C@H]1[C@@](C)(c1cc(/C=C(\F)c3cnc(Br)cn3)ccc1F)N=C(N)S2.CN(C)C(=O)[C@]12C[C@H]1[C@@](C)(c1cc(/C=C(\F)c3cnc(OCC4COC4)cn3)ccc1F)N=C(N)S2.O=CO[O-].OCC1COC1.[Cs+].[Cs+].[H-]. The quantitative estimate of drug-likeness (QED) is 0.0652. The predicted octanol–water partition coefficient (Wildman–Crippen LogP) is -0.618. The summed E-state index contributed by atoms with van der Waals surface area (Å²) in [5.41, 5.74) is 11.6. The Labute approximate surface area is 590 Å². The summed E-state index contributed by atoms with van der Waals surface area (Å²) < 4.78 is 74.1. The van der Waals surface area contributed by atoms with Crippen LogP contribution in [-0.4, -0.2) is 141 Å². The second kappa shape index (κ2) is 29.2. The number of thioether (sulfide) groups is 2. The number of carbonyl (C=O) groups excluding carboxylic acids is 3. The number of carbonyl (C=O) groups is 3. The number of aliphatic hydroxyl groups is 1. The van der Waals surface area contributed by atoms with E-state index in [1.165, 1.54) is 94.5 Å². The van der Waals surface area contributed by atoms with Crippen molar-refractivity contribution in [3.8, 4) is 5.88 Å². The summed E-state index contributed by atoms with van der Waals surface area (Å²) in [5, 5.41) is 17.2. The van der Waals surface area contributed by atoms with Gasteiger partial charge in [0.15, 0.2) is 22.0 Å². The van der Waals surface area contributed by atoms with Crippen molar-refractivity contribution in [2.24, 2.45) is 45.1 Å². The van der Waals surface area contributed by atoms with Crippen LogP contribution in [-0.2, 0) is 39.8 Å². The standard InChI is InChI=1S/C25H27F2N5O3S.C21H20BrF2N5OS.C4H8O2.CH2O3.2Cs.H/c1-24(20-8-25(20,22(33)32(2)3)36-23(28)31-24)16-6-14(4-5-17(16)26)7-18(27)19-9-30-21(10-29-19)35-13-15-11-34-12-15;1-20(16-8-21(16,18(30)29(2)3)31-19(25)28-20)12-6-11(4-5-13(12)23)7-14(24)15-9-27-17(22)10-26-15;5-1-4-2-6-3-4;2-1-4-3;;;/h4-7,9-10,15,20H,8,11-13H2,1-3H3,(H2,28,31);4-7,9-10,16H,8H2,1-3H3,(H2,25,28);4-5H,1-3H2;1,3H;;;/q;;;;2*+1;-1/p-1/b18-7-;14-7-;;;;;/t20-,24+,25-;16-,20+,21-;;;;;/m00...../s1. The van der Waals surface area contributed by atoms with E-state index in [9.17, 15) is 18.4 Å². The zero-order chi connectivity index (χ0) is 56.0. The third kappa shape index (κ3) is 15.9. The van der Waals surface area contributed by atoms with Crippen LogP contribution in [0.25, 0.3) is 23.8 Å². The Bertz CT molecular complexity index is 2980. The minimum Gasteiger partial charge on any atom is -1.00 e. The smallest absolute Gasteiger partial charge is 1.00 e. The third-order valence-electron chi connectivity index (χ3n) is 13.5. The Kier molecular flexibility index (Phi) is 25.1. The van der Waals surface area contributed by atoms with Crippen LogP contribution in [0.4, 0.5) is 17.6 Å². The monoisotopic (exact) mass is 1440 g/mol. The van der Waals surface area contributed by atoms with Crippen LogP contribution in [0, 0.1) is 35.3 Å². The molecule has 4 aromatic rings. The average Bonchev–Trinajstić information content (AvgIpc) is 4.30. The third-order valence-corrected chi connectivity index (χ3v) is 16.5. The number of nitrogens with two attached hydrogens (primary N) is 2. The van der Waals surface area contributed by atoms with Gasteiger partial charge in [0, 0.05) is 63.0 Å². The predicted molar refractivity (Wildman–Crippen MR) is 284 cm³/mol. The fourth-order valence-electron chi connectivity index (χ4n) is 9.27. The summed E-state index contributed by atoms with van der Waals surface area (Å²) >= 11 is 5.63. The molecule has 414 valence electrons. The number of ether oxygens (including phenoxy) is 3. The van der Waals surface area contributed by atoms with Crippen LogP contribution in [0.1, 0.15) is 61.8 Å². The van der Waals surface area contributed by atoms with Crippen LogP contribution < -0.4 is 159 Å². The summed E-state index contributed by atoms with van der Waals surface area (Å²) in [6, 6.07) is 8.61. The number of fused-ring (bicyclic) bond motifs is 2. The number of aliphatic imine (C=N–C) groups is 2. The molecule has 2 saturated carbocycles. The van der Waals surface area contributed by atoms with Gasteiger partial charge in [-0.15, -0.1) is 0 Å². The summed E-state index contributed by atoms with van der Waals surface area (Å²) in [6.07, 6.45) is 8.95. The number of amidine groups is 2. The number of aromatic nitrogens is 4. The molecule has 6 aliphatic rings. The van der Waals surface area contributed by atoms with Crippen molar-refractivity contribution in [1.82, 2.24) is 29.7 Å². The van der Waals surface area contributed by atoms with E-state index in [1.54, 1.807) is 54.2 Å². The molecule has 0 radical (unpaired) electrons. The molecule has 2 aromatic carbocycles. The maximum atomic E-state index is 15.1. The van der Waals surface area contributed by atoms with Gasteiger partial charge in [0.2, 0.25) is 17.7 Å². The molecule has 2 aliphatic carbocycles. The number of halogens is 5. The van der Waals surface area contributed by atoms with Crippen LogP contribution >= 0.6 is 39.5 Å². The summed E-state index contributed by atoms with van der Waals surface area (Å²) in [6.45, 7) is 6.97. The van der Waals surface area contributed by atoms with Gasteiger partial charge in [-0.25, -0.2) is 37.5 Å². The molecule has 2 saturated heterocycles. The molecule has 2 aromatic heterocycles. The average molecular weight is 1440 g/mol. The van der Waals surface area contributed by atoms with Crippen molar-refractivity contribution < 1.29 is 201 Å². The van der Waals surface area contributed by atoms with Crippen molar-refractivity contribution in [2.45, 2.75) is 47.3 Å². The van der Waals surface area contributed by atoms with E-state index >= 15 is 8.78 Å². The minimum atomic E-state index is -1.06. The van der Waals surface area contributed by atoms with E-state index < -0.39 is 43.9 Å². The van der Waals surface area contributed by atoms with Crippen LogP contribution in [0.3, 0.4) is 0 Å². The zero-order valence-electron chi connectivity index (χ0n) is 45.6. The van der Waals surface area contributed by atoms with Crippen LogP contribution in [0.2, 0.25) is 0 Å². The summed E-state index contributed by atoms with van der Waals surface area (Å²) in [7, 11) is 6.75. The molecule has 2 amide bonds. The van der Waals surface area contributed by atoms with Crippen molar-refractivity contribution >= 4 is 91.9 Å². The Morgan fingerprint density at radius 1 is 0.772 bits per heavy atom. The molecule has 28 heteroatoms. The Balaban J connectivity index is 0.000000286. The molecule has 10 rings (SSSR count). The molecule has 6 heterocycles. The molecule has 0 unspecified atom stereocenters. The number of hydrogen-bond acceptors (Lipinski definition) is 19. The van der Waals surface area contributed by atoms with E-state index in [1.807, 2.05) is 0 Å². The van der Waals surface area contributed by atoms with Crippen molar-refractivity contribution in [1.29, 1.82) is 0 Å². The van der Waals surface area contributed by atoms with Gasteiger partial charge >= 0.3 is 138 Å². The molecule has 4 fully saturated rings. The second-order valence-electron chi connectivity index (χ2n) is 19.5. The van der Waals surface area contributed by atoms with Crippen molar-refractivity contribution in [3.05, 3.63) is 111 Å². The Hall–Kier alpha value is -1.93. The number of amides is 2. The second-order valence-corrected chi connectivity index (χ2v) is 23.0.